The van der Waals surface area contributed by atoms with E-state index in [2.05, 4.69) is 5.32 Å². The van der Waals surface area contributed by atoms with E-state index in [9.17, 15) is 18.0 Å². The maximum absolute atomic E-state index is 12.8. The predicted octanol–water partition coefficient (Wildman–Crippen LogP) is 2.72. The number of hydrogen-bond acceptors (Lipinski definition) is 4. The number of carbonyl (C=O) groups excluding carboxylic acids is 2. The maximum Gasteiger partial charge on any atom is 0.254 e. The van der Waals surface area contributed by atoms with Crippen molar-refractivity contribution in [2.24, 2.45) is 0 Å². The Kier molecular flexibility index (Phi) is 5.90. The number of nitrogens with one attached hydrogen (secondary N) is 1. The lowest BCUT2D eigenvalue weighted by Gasteiger charge is -2.22. The molecule has 2 aromatic rings. The third kappa shape index (κ3) is 4.33. The number of likely N-dealkylation sites (N-methyl/N-ethyl adjacent to an activating group) is 1. The standard InChI is InChI=1S/C22H27N3O4S/c1-14-7-6-8-19(16(14)3)23-21(26)13-24(4)22(27)17-9-10-20-18(12-17)11-15(2)25(20)30(5,28)29/h6-10,12,15H,11,13H2,1-5H3,(H,23,26)/t15-/m1/s1. The number of amides is 2. The zero-order valence-corrected chi connectivity index (χ0v) is 18.7. The Hall–Kier alpha value is -2.87. The van der Waals surface area contributed by atoms with E-state index in [1.807, 2.05) is 39.0 Å². The van der Waals surface area contributed by atoms with E-state index in [0.29, 0.717) is 17.7 Å². The molecule has 2 aromatic carbocycles. The van der Waals surface area contributed by atoms with Gasteiger partial charge in [0.2, 0.25) is 15.9 Å². The molecule has 0 aliphatic carbocycles. The number of benzene rings is 2. The van der Waals surface area contributed by atoms with E-state index >= 15 is 0 Å². The van der Waals surface area contributed by atoms with Crippen LogP contribution in [0.4, 0.5) is 11.4 Å². The fourth-order valence-corrected chi connectivity index (χ4v) is 5.09. The Balaban J connectivity index is 1.72. The Morgan fingerprint density at radius 2 is 1.90 bits per heavy atom. The summed E-state index contributed by atoms with van der Waals surface area (Å²) in [5, 5.41) is 2.85. The second kappa shape index (κ2) is 8.10. The van der Waals surface area contributed by atoms with Gasteiger partial charge in [0.1, 0.15) is 0 Å². The number of fused-ring (bicyclic) bond motifs is 1. The lowest BCUT2D eigenvalue weighted by molar-refractivity contribution is -0.116. The van der Waals surface area contributed by atoms with Gasteiger partial charge >= 0.3 is 0 Å². The average molecular weight is 430 g/mol. The summed E-state index contributed by atoms with van der Waals surface area (Å²) in [7, 11) is -1.81. The second-order valence-electron chi connectivity index (χ2n) is 7.91. The van der Waals surface area contributed by atoms with Crippen molar-refractivity contribution in [3.05, 3.63) is 58.7 Å². The molecule has 160 valence electrons. The zero-order valence-electron chi connectivity index (χ0n) is 17.9. The van der Waals surface area contributed by atoms with Crippen LogP contribution in [0, 0.1) is 13.8 Å². The van der Waals surface area contributed by atoms with Gasteiger partial charge in [-0.2, -0.15) is 0 Å². The first-order chi connectivity index (χ1) is 14.0. The van der Waals surface area contributed by atoms with Gasteiger partial charge in [-0.05, 0) is 68.1 Å². The van der Waals surface area contributed by atoms with E-state index in [-0.39, 0.29) is 24.4 Å². The number of aryl methyl sites for hydroxylation is 1. The monoisotopic (exact) mass is 429 g/mol. The van der Waals surface area contributed by atoms with Crippen molar-refractivity contribution in [2.75, 3.05) is 29.5 Å². The summed E-state index contributed by atoms with van der Waals surface area (Å²) in [6.45, 7) is 5.66. The summed E-state index contributed by atoms with van der Waals surface area (Å²) >= 11 is 0. The van der Waals surface area contributed by atoms with Crippen molar-refractivity contribution in [2.45, 2.75) is 33.2 Å². The third-order valence-electron chi connectivity index (χ3n) is 5.44. The largest absolute Gasteiger partial charge is 0.332 e. The second-order valence-corrected chi connectivity index (χ2v) is 9.77. The predicted molar refractivity (Wildman–Crippen MR) is 118 cm³/mol. The molecule has 3 rings (SSSR count). The molecule has 0 bridgehead atoms. The summed E-state index contributed by atoms with van der Waals surface area (Å²) < 4.78 is 25.5. The van der Waals surface area contributed by atoms with Crippen LogP contribution in [0.25, 0.3) is 0 Å². The van der Waals surface area contributed by atoms with Crippen LogP contribution in [0.2, 0.25) is 0 Å². The molecule has 8 heteroatoms. The number of nitrogens with zero attached hydrogens (tertiary/aromatic N) is 2. The molecule has 0 saturated heterocycles. The highest BCUT2D eigenvalue weighted by atomic mass is 32.2. The highest BCUT2D eigenvalue weighted by Gasteiger charge is 2.33. The first-order valence-electron chi connectivity index (χ1n) is 9.73. The van der Waals surface area contributed by atoms with Crippen molar-refractivity contribution in [3.63, 3.8) is 0 Å². The van der Waals surface area contributed by atoms with Gasteiger partial charge in [0.05, 0.1) is 18.5 Å². The molecule has 0 radical (unpaired) electrons. The minimum absolute atomic E-state index is 0.0881. The highest BCUT2D eigenvalue weighted by molar-refractivity contribution is 7.92. The van der Waals surface area contributed by atoms with E-state index < -0.39 is 10.0 Å². The number of rotatable bonds is 5. The maximum atomic E-state index is 12.8. The van der Waals surface area contributed by atoms with Gasteiger partial charge in [-0.1, -0.05) is 12.1 Å². The van der Waals surface area contributed by atoms with E-state index in [0.717, 1.165) is 22.4 Å². The van der Waals surface area contributed by atoms with Gasteiger partial charge in [-0.3, -0.25) is 13.9 Å². The van der Waals surface area contributed by atoms with Crippen LogP contribution in [0.15, 0.2) is 36.4 Å². The van der Waals surface area contributed by atoms with Gasteiger partial charge in [-0.15, -0.1) is 0 Å². The lowest BCUT2D eigenvalue weighted by Crippen LogP contribution is -2.35. The van der Waals surface area contributed by atoms with Gasteiger partial charge < -0.3 is 10.2 Å². The number of sulfonamides is 1. The van der Waals surface area contributed by atoms with Crippen LogP contribution >= 0.6 is 0 Å². The van der Waals surface area contributed by atoms with Gasteiger partial charge in [0.25, 0.3) is 5.91 Å². The molecule has 0 saturated carbocycles. The molecule has 1 heterocycles. The van der Waals surface area contributed by atoms with Crippen molar-refractivity contribution < 1.29 is 18.0 Å². The topological polar surface area (TPSA) is 86.8 Å². The fourth-order valence-electron chi connectivity index (χ4n) is 3.83. The van der Waals surface area contributed by atoms with Gasteiger partial charge in [-0.25, -0.2) is 8.42 Å². The molecule has 0 aromatic heterocycles. The van der Waals surface area contributed by atoms with Crippen LogP contribution in [0.1, 0.15) is 34.0 Å². The van der Waals surface area contributed by atoms with E-state index in [1.165, 1.54) is 15.5 Å². The molecule has 1 N–H and O–H groups in total. The van der Waals surface area contributed by atoms with Gasteiger partial charge in [0, 0.05) is 24.3 Å². The minimum Gasteiger partial charge on any atom is -0.332 e. The number of carbonyl (C=O) groups is 2. The number of anilines is 2. The lowest BCUT2D eigenvalue weighted by atomic mass is 10.1. The Morgan fingerprint density at radius 1 is 1.20 bits per heavy atom. The van der Waals surface area contributed by atoms with E-state index in [4.69, 9.17) is 0 Å². The first-order valence-corrected chi connectivity index (χ1v) is 11.6. The summed E-state index contributed by atoms with van der Waals surface area (Å²) in [5.41, 5.74) is 4.64. The highest BCUT2D eigenvalue weighted by Crippen LogP contribution is 2.34. The summed E-state index contributed by atoms with van der Waals surface area (Å²) in [5.74, 6) is -0.572. The molecular weight excluding hydrogens is 402 g/mol. The molecule has 30 heavy (non-hydrogen) atoms. The molecule has 0 unspecified atom stereocenters. The smallest absolute Gasteiger partial charge is 0.254 e. The SMILES string of the molecule is Cc1cccc(NC(=O)CN(C)C(=O)c2ccc3c(c2)C[C@@H](C)N3S(C)(=O)=O)c1C. The Morgan fingerprint density at radius 3 is 2.57 bits per heavy atom. The third-order valence-corrected chi connectivity index (χ3v) is 6.71. The Bertz CT molecular complexity index is 1110. The molecule has 0 spiro atoms. The normalized spacial score (nSPS) is 15.6. The average Bonchev–Trinajstić information content (AvgIpc) is 2.99. The summed E-state index contributed by atoms with van der Waals surface area (Å²) in [6, 6.07) is 10.5. The minimum atomic E-state index is -3.38. The summed E-state index contributed by atoms with van der Waals surface area (Å²) in [6.07, 6.45) is 1.72. The van der Waals surface area contributed by atoms with Crippen molar-refractivity contribution in [3.8, 4) is 0 Å². The molecule has 1 aliphatic heterocycles. The summed E-state index contributed by atoms with van der Waals surface area (Å²) in [4.78, 5) is 26.6. The van der Waals surface area contributed by atoms with Crippen LogP contribution in [0.3, 0.4) is 0 Å². The molecule has 7 nitrogen and oxygen atoms in total. The fraction of sp³-hybridized carbons (Fsp3) is 0.364. The van der Waals surface area contributed by atoms with Gasteiger partial charge in [0.15, 0.2) is 0 Å². The van der Waals surface area contributed by atoms with E-state index in [1.54, 1.807) is 25.2 Å². The zero-order chi connectivity index (χ0) is 22.2. The molecule has 2 amide bonds. The van der Waals surface area contributed by atoms with Crippen LogP contribution < -0.4 is 9.62 Å². The molecule has 1 aliphatic rings. The van der Waals surface area contributed by atoms with Crippen molar-refractivity contribution in [1.29, 1.82) is 0 Å². The molecule has 0 fully saturated rings. The number of hydrogen-bond donors (Lipinski definition) is 1. The quantitative estimate of drug-likeness (QED) is 0.792. The van der Waals surface area contributed by atoms with Crippen molar-refractivity contribution in [1.82, 2.24) is 4.90 Å². The molecular formula is C22H27N3O4S. The first kappa shape index (κ1) is 21.8. The Labute approximate surface area is 177 Å². The molecule has 1 atom stereocenters. The van der Waals surface area contributed by atoms with Crippen LogP contribution in [0.5, 0.6) is 0 Å². The van der Waals surface area contributed by atoms with Crippen LogP contribution in [-0.4, -0.2) is 51.0 Å². The van der Waals surface area contributed by atoms with Crippen LogP contribution in [-0.2, 0) is 21.2 Å². The van der Waals surface area contributed by atoms with Crippen molar-refractivity contribution >= 4 is 33.2 Å².